The van der Waals surface area contributed by atoms with Gasteiger partial charge in [0.25, 0.3) is 0 Å². The van der Waals surface area contributed by atoms with E-state index in [4.69, 9.17) is 4.42 Å². The summed E-state index contributed by atoms with van der Waals surface area (Å²) < 4.78 is 31.9. The minimum absolute atomic E-state index is 0.343. The molecule has 0 aliphatic carbocycles. The van der Waals surface area contributed by atoms with Crippen molar-refractivity contribution in [2.45, 2.75) is 6.92 Å². The van der Waals surface area contributed by atoms with Crippen molar-refractivity contribution in [3.8, 4) is 0 Å². The maximum atomic E-state index is 11.7. The molecule has 0 amide bonds. The molecule has 0 aliphatic heterocycles. The fourth-order valence-corrected chi connectivity index (χ4v) is 2.24. The fourth-order valence-electron chi connectivity index (χ4n) is 1.63. The van der Waals surface area contributed by atoms with Gasteiger partial charge in [0.05, 0.1) is 5.69 Å². The molecule has 0 saturated carbocycles. The van der Waals surface area contributed by atoms with Crippen molar-refractivity contribution in [1.29, 1.82) is 0 Å². The molecule has 6 nitrogen and oxygen atoms in total. The first-order chi connectivity index (χ1) is 8.79. The highest BCUT2D eigenvalue weighted by Gasteiger charge is 2.13. The second-order valence-corrected chi connectivity index (χ2v) is 6.23. The highest BCUT2D eigenvalue weighted by molar-refractivity contribution is 7.90. The Morgan fingerprint density at radius 2 is 1.89 bits per heavy atom. The van der Waals surface area contributed by atoms with Gasteiger partial charge in [-0.25, -0.2) is 4.79 Å². The number of rotatable bonds is 3. The second kappa shape index (κ2) is 4.67. The molecule has 0 saturated heterocycles. The van der Waals surface area contributed by atoms with Gasteiger partial charge in [-0.2, -0.15) is 12.7 Å². The van der Waals surface area contributed by atoms with E-state index < -0.39 is 15.8 Å². The van der Waals surface area contributed by atoms with Crippen LogP contribution in [-0.2, 0) is 10.2 Å². The molecule has 2 aromatic rings. The van der Waals surface area contributed by atoms with Crippen molar-refractivity contribution < 1.29 is 12.8 Å². The summed E-state index contributed by atoms with van der Waals surface area (Å²) in [6.45, 7) is 1.79. The van der Waals surface area contributed by atoms with E-state index in [0.717, 1.165) is 15.3 Å². The van der Waals surface area contributed by atoms with Crippen LogP contribution in [0.25, 0.3) is 11.0 Å². The Morgan fingerprint density at radius 1 is 1.21 bits per heavy atom. The van der Waals surface area contributed by atoms with Crippen molar-refractivity contribution >= 4 is 26.9 Å². The molecule has 1 aromatic heterocycles. The van der Waals surface area contributed by atoms with Crippen molar-refractivity contribution in [3.63, 3.8) is 0 Å². The second-order valence-electron chi connectivity index (χ2n) is 4.35. The van der Waals surface area contributed by atoms with Crippen LogP contribution in [0.3, 0.4) is 0 Å². The Hall–Kier alpha value is -1.86. The van der Waals surface area contributed by atoms with Crippen molar-refractivity contribution in [2.24, 2.45) is 0 Å². The molecular weight excluding hydrogens is 268 g/mol. The number of hydrogen-bond donors (Lipinski definition) is 1. The molecule has 7 heteroatoms. The van der Waals surface area contributed by atoms with E-state index in [0.29, 0.717) is 11.3 Å². The summed E-state index contributed by atoms with van der Waals surface area (Å²) >= 11 is 0. The highest BCUT2D eigenvalue weighted by Crippen LogP contribution is 2.21. The van der Waals surface area contributed by atoms with Crippen LogP contribution in [0.4, 0.5) is 5.69 Å². The van der Waals surface area contributed by atoms with Gasteiger partial charge in [0.15, 0.2) is 0 Å². The molecule has 0 unspecified atom stereocenters. The monoisotopic (exact) mass is 282 g/mol. The smallest absolute Gasteiger partial charge is 0.336 e. The third kappa shape index (κ3) is 2.77. The van der Waals surface area contributed by atoms with Crippen molar-refractivity contribution in [2.75, 3.05) is 18.8 Å². The van der Waals surface area contributed by atoms with Gasteiger partial charge in [-0.15, -0.1) is 0 Å². The zero-order valence-electron chi connectivity index (χ0n) is 10.8. The van der Waals surface area contributed by atoms with Crippen LogP contribution in [-0.4, -0.2) is 26.8 Å². The summed E-state index contributed by atoms with van der Waals surface area (Å²) in [5, 5.41) is 0.771. The molecule has 0 bridgehead atoms. The maximum Gasteiger partial charge on any atom is 0.336 e. The number of nitrogens with zero attached hydrogens (tertiary/aromatic N) is 1. The zero-order valence-corrected chi connectivity index (χ0v) is 11.6. The highest BCUT2D eigenvalue weighted by atomic mass is 32.2. The Morgan fingerprint density at radius 3 is 2.53 bits per heavy atom. The van der Waals surface area contributed by atoms with Gasteiger partial charge in [0.1, 0.15) is 5.58 Å². The van der Waals surface area contributed by atoms with Gasteiger partial charge >= 0.3 is 15.8 Å². The van der Waals surface area contributed by atoms with Crippen LogP contribution in [0.1, 0.15) is 5.56 Å². The van der Waals surface area contributed by atoms with Gasteiger partial charge in [-0.3, -0.25) is 4.72 Å². The van der Waals surface area contributed by atoms with Gasteiger partial charge in [-0.1, -0.05) is 0 Å². The molecule has 1 N–H and O–H groups in total. The van der Waals surface area contributed by atoms with E-state index in [1.54, 1.807) is 19.1 Å². The first-order valence-corrected chi connectivity index (χ1v) is 6.98. The topological polar surface area (TPSA) is 79.6 Å². The standard InChI is InChI=1S/C12H14N2O4S/c1-8-6-12(15)18-11-7-9(4-5-10(8)11)13-19(16,17)14(2)3/h4-7,13H,1-3H3. The average molecular weight is 282 g/mol. The molecule has 0 spiro atoms. The van der Waals surface area contributed by atoms with Crippen molar-refractivity contribution in [3.05, 3.63) is 40.2 Å². The molecule has 0 radical (unpaired) electrons. The molecule has 0 fully saturated rings. The number of benzene rings is 1. The molecule has 2 rings (SSSR count). The first-order valence-electron chi connectivity index (χ1n) is 5.54. The lowest BCUT2D eigenvalue weighted by Crippen LogP contribution is -2.28. The normalized spacial score (nSPS) is 12.0. The molecule has 1 heterocycles. The van der Waals surface area contributed by atoms with Gasteiger partial charge in [-0.05, 0) is 24.6 Å². The predicted octanol–water partition coefficient (Wildman–Crippen LogP) is 1.32. The van der Waals surface area contributed by atoms with E-state index >= 15 is 0 Å². The predicted molar refractivity (Wildman–Crippen MR) is 73.5 cm³/mol. The van der Waals surface area contributed by atoms with Crippen LogP contribution >= 0.6 is 0 Å². The Labute approximate surface area is 110 Å². The summed E-state index contributed by atoms with van der Waals surface area (Å²) in [5.41, 5.74) is 1.02. The van der Waals surface area contributed by atoms with Crippen LogP contribution in [0.5, 0.6) is 0 Å². The Balaban J connectivity index is 2.51. The Bertz CT molecular complexity index is 778. The third-order valence-electron chi connectivity index (χ3n) is 2.68. The van der Waals surface area contributed by atoms with Gasteiger partial charge < -0.3 is 4.42 Å². The number of hydrogen-bond acceptors (Lipinski definition) is 4. The van der Waals surface area contributed by atoms with Gasteiger partial charge in [0.2, 0.25) is 0 Å². The average Bonchev–Trinajstić information content (AvgIpc) is 2.27. The minimum Gasteiger partial charge on any atom is -0.423 e. The van der Waals surface area contributed by atoms with Crippen LogP contribution in [0.15, 0.2) is 33.5 Å². The largest absolute Gasteiger partial charge is 0.423 e. The lowest BCUT2D eigenvalue weighted by atomic mass is 10.1. The van der Waals surface area contributed by atoms with Crippen LogP contribution in [0, 0.1) is 6.92 Å². The summed E-state index contributed by atoms with van der Waals surface area (Å²) in [5.74, 6) is 0. The molecule has 102 valence electrons. The lowest BCUT2D eigenvalue weighted by Gasteiger charge is -2.13. The number of anilines is 1. The lowest BCUT2D eigenvalue weighted by molar-refractivity contribution is 0.527. The van der Waals surface area contributed by atoms with E-state index in [2.05, 4.69) is 4.72 Å². The minimum atomic E-state index is -3.58. The first kappa shape index (κ1) is 13.6. The summed E-state index contributed by atoms with van der Waals surface area (Å²) in [6.07, 6.45) is 0. The van der Waals surface area contributed by atoms with E-state index in [-0.39, 0.29) is 0 Å². The third-order valence-corrected chi connectivity index (χ3v) is 4.13. The molecular formula is C12H14N2O4S. The fraction of sp³-hybridized carbons (Fsp3) is 0.250. The molecule has 0 atom stereocenters. The van der Waals surface area contributed by atoms with Crippen molar-refractivity contribution in [1.82, 2.24) is 4.31 Å². The molecule has 1 aromatic carbocycles. The molecule has 0 aliphatic rings. The summed E-state index contributed by atoms with van der Waals surface area (Å²) in [7, 11) is -0.728. The maximum absolute atomic E-state index is 11.7. The summed E-state index contributed by atoms with van der Waals surface area (Å²) in [6, 6.07) is 6.22. The number of fused-ring (bicyclic) bond motifs is 1. The molecule has 19 heavy (non-hydrogen) atoms. The number of nitrogens with one attached hydrogen (secondary N) is 1. The number of aryl methyl sites for hydroxylation is 1. The van der Waals surface area contributed by atoms with Crippen LogP contribution < -0.4 is 10.3 Å². The quantitative estimate of drug-likeness (QED) is 0.861. The Kier molecular flexibility index (Phi) is 3.34. The van der Waals surface area contributed by atoms with Gasteiger partial charge in [0, 0.05) is 31.6 Å². The van der Waals surface area contributed by atoms with E-state index in [1.807, 2.05) is 0 Å². The van der Waals surface area contributed by atoms with Crippen LogP contribution in [0.2, 0.25) is 0 Å². The zero-order chi connectivity index (χ0) is 14.2. The SMILES string of the molecule is Cc1cc(=O)oc2cc(NS(=O)(=O)N(C)C)ccc12. The van der Waals surface area contributed by atoms with E-state index in [9.17, 15) is 13.2 Å². The summed E-state index contributed by atoms with van der Waals surface area (Å²) in [4.78, 5) is 11.3. The van der Waals surface area contributed by atoms with E-state index in [1.165, 1.54) is 26.2 Å².